The Kier molecular flexibility index (Phi) is 4.41. The molecule has 0 atom stereocenters. The molecular formula is C15H11ClN4OS. The van der Waals surface area contributed by atoms with Crippen LogP contribution in [0.2, 0.25) is 5.15 Å². The molecule has 0 aromatic carbocycles. The SMILES string of the molecule is CO/N=C/c1cccc(-c2sc(-c3cccnc3)nc2Cl)n1. The third-order valence-corrected chi connectivity index (χ3v) is 4.30. The Bertz CT molecular complexity index is 804. The summed E-state index contributed by atoms with van der Waals surface area (Å²) in [5, 5.41) is 4.95. The topological polar surface area (TPSA) is 60.3 Å². The van der Waals surface area contributed by atoms with Gasteiger partial charge in [0.25, 0.3) is 0 Å². The predicted octanol–water partition coefficient (Wildman–Crippen LogP) is 3.90. The highest BCUT2D eigenvalue weighted by Gasteiger charge is 2.14. The van der Waals surface area contributed by atoms with E-state index in [2.05, 4.69) is 24.9 Å². The van der Waals surface area contributed by atoms with Gasteiger partial charge >= 0.3 is 0 Å². The number of hydrogen-bond donors (Lipinski definition) is 0. The van der Waals surface area contributed by atoms with Crippen LogP contribution in [0.25, 0.3) is 21.1 Å². The standard InChI is InChI=1S/C15H11ClN4OS/c1-21-18-9-11-5-2-6-12(19-11)13-14(16)20-15(22-13)10-4-3-7-17-8-10/h2-9H,1H3/b18-9+. The number of nitrogens with zero attached hydrogens (tertiary/aromatic N) is 4. The number of hydrogen-bond acceptors (Lipinski definition) is 6. The van der Waals surface area contributed by atoms with Crippen molar-refractivity contribution in [2.24, 2.45) is 5.16 Å². The third-order valence-electron chi connectivity index (χ3n) is 2.79. The zero-order chi connectivity index (χ0) is 15.4. The zero-order valence-electron chi connectivity index (χ0n) is 11.6. The Hall–Kier alpha value is -2.31. The molecule has 0 unspecified atom stereocenters. The molecule has 0 saturated heterocycles. The molecule has 22 heavy (non-hydrogen) atoms. The highest BCUT2D eigenvalue weighted by molar-refractivity contribution is 7.19. The maximum Gasteiger partial charge on any atom is 0.150 e. The minimum Gasteiger partial charge on any atom is -0.399 e. The molecule has 0 aliphatic heterocycles. The van der Waals surface area contributed by atoms with Crippen LogP contribution in [0.1, 0.15) is 5.69 Å². The van der Waals surface area contributed by atoms with Gasteiger partial charge in [0, 0.05) is 18.0 Å². The Morgan fingerprint density at radius 1 is 1.23 bits per heavy atom. The van der Waals surface area contributed by atoms with Crippen molar-refractivity contribution < 1.29 is 4.84 Å². The molecule has 0 saturated carbocycles. The number of aromatic nitrogens is 3. The van der Waals surface area contributed by atoms with Gasteiger partial charge in [-0.25, -0.2) is 9.97 Å². The lowest BCUT2D eigenvalue weighted by Crippen LogP contribution is -1.90. The molecule has 110 valence electrons. The summed E-state index contributed by atoms with van der Waals surface area (Å²) in [6, 6.07) is 9.42. The lowest BCUT2D eigenvalue weighted by molar-refractivity contribution is 0.215. The Balaban J connectivity index is 1.99. The summed E-state index contributed by atoms with van der Waals surface area (Å²) in [6.45, 7) is 0. The molecule has 0 fully saturated rings. The molecule has 0 radical (unpaired) electrons. The van der Waals surface area contributed by atoms with Crippen LogP contribution in [-0.4, -0.2) is 28.3 Å². The Morgan fingerprint density at radius 3 is 2.91 bits per heavy atom. The van der Waals surface area contributed by atoms with E-state index in [1.54, 1.807) is 18.6 Å². The summed E-state index contributed by atoms with van der Waals surface area (Å²) >= 11 is 7.74. The first-order valence-electron chi connectivity index (χ1n) is 6.38. The Labute approximate surface area is 136 Å². The molecule has 5 nitrogen and oxygen atoms in total. The fraction of sp³-hybridized carbons (Fsp3) is 0.0667. The van der Waals surface area contributed by atoms with E-state index in [9.17, 15) is 0 Å². The van der Waals surface area contributed by atoms with Crippen molar-refractivity contribution in [2.75, 3.05) is 7.11 Å². The average molecular weight is 331 g/mol. The number of pyridine rings is 2. The van der Waals surface area contributed by atoms with Gasteiger partial charge in [-0.05, 0) is 24.3 Å². The van der Waals surface area contributed by atoms with Crippen LogP contribution >= 0.6 is 22.9 Å². The first-order valence-corrected chi connectivity index (χ1v) is 7.58. The van der Waals surface area contributed by atoms with Gasteiger partial charge in [-0.15, -0.1) is 11.3 Å². The molecule has 0 aliphatic carbocycles. The van der Waals surface area contributed by atoms with E-state index in [1.165, 1.54) is 18.4 Å². The second-order valence-electron chi connectivity index (χ2n) is 4.25. The summed E-state index contributed by atoms with van der Waals surface area (Å²) in [5.41, 5.74) is 2.36. The number of rotatable bonds is 4. The summed E-state index contributed by atoms with van der Waals surface area (Å²) < 4.78 is 0. The number of thiazole rings is 1. The lowest BCUT2D eigenvalue weighted by Gasteiger charge is -1.98. The van der Waals surface area contributed by atoms with Crippen LogP contribution < -0.4 is 0 Å². The van der Waals surface area contributed by atoms with E-state index in [0.29, 0.717) is 10.8 Å². The lowest BCUT2D eigenvalue weighted by atomic mass is 10.3. The Morgan fingerprint density at radius 2 is 2.14 bits per heavy atom. The first-order chi connectivity index (χ1) is 10.8. The second-order valence-corrected chi connectivity index (χ2v) is 5.60. The number of oxime groups is 1. The maximum atomic E-state index is 6.27. The van der Waals surface area contributed by atoms with Crippen LogP contribution in [0.4, 0.5) is 0 Å². The van der Waals surface area contributed by atoms with E-state index in [4.69, 9.17) is 11.6 Å². The van der Waals surface area contributed by atoms with Crippen LogP contribution in [0.5, 0.6) is 0 Å². The highest BCUT2D eigenvalue weighted by Crippen LogP contribution is 2.36. The molecule has 3 rings (SSSR count). The van der Waals surface area contributed by atoms with Crippen molar-refractivity contribution in [3.63, 3.8) is 0 Å². The molecule has 0 amide bonds. The minimum atomic E-state index is 0.428. The molecule has 0 aliphatic rings. The normalized spacial score (nSPS) is 11.0. The van der Waals surface area contributed by atoms with Crippen molar-refractivity contribution in [3.8, 4) is 21.1 Å². The van der Waals surface area contributed by atoms with Gasteiger partial charge in [0.15, 0.2) is 0 Å². The van der Waals surface area contributed by atoms with E-state index in [-0.39, 0.29) is 0 Å². The van der Waals surface area contributed by atoms with Gasteiger partial charge in [0.05, 0.1) is 22.5 Å². The van der Waals surface area contributed by atoms with Crippen molar-refractivity contribution >= 4 is 29.2 Å². The van der Waals surface area contributed by atoms with Crippen molar-refractivity contribution in [1.29, 1.82) is 0 Å². The summed E-state index contributed by atoms with van der Waals surface area (Å²) in [7, 11) is 1.49. The van der Waals surface area contributed by atoms with Gasteiger partial charge in [0.1, 0.15) is 17.3 Å². The molecule has 3 aromatic heterocycles. The van der Waals surface area contributed by atoms with E-state index >= 15 is 0 Å². The van der Waals surface area contributed by atoms with E-state index < -0.39 is 0 Å². The van der Waals surface area contributed by atoms with Gasteiger partial charge < -0.3 is 4.84 Å². The number of halogens is 1. The first kappa shape index (κ1) is 14.6. The predicted molar refractivity (Wildman–Crippen MR) is 88.2 cm³/mol. The zero-order valence-corrected chi connectivity index (χ0v) is 13.2. The van der Waals surface area contributed by atoms with Crippen LogP contribution in [-0.2, 0) is 4.84 Å². The fourth-order valence-electron chi connectivity index (χ4n) is 1.83. The maximum absolute atomic E-state index is 6.27. The van der Waals surface area contributed by atoms with Crippen molar-refractivity contribution in [3.05, 3.63) is 53.6 Å². The smallest absolute Gasteiger partial charge is 0.150 e. The highest BCUT2D eigenvalue weighted by atomic mass is 35.5. The van der Waals surface area contributed by atoms with Crippen LogP contribution in [0.3, 0.4) is 0 Å². The quantitative estimate of drug-likeness (QED) is 0.537. The third kappa shape index (κ3) is 3.13. The fourth-order valence-corrected chi connectivity index (χ4v) is 3.09. The monoisotopic (exact) mass is 330 g/mol. The average Bonchev–Trinajstić information content (AvgIpc) is 2.96. The van der Waals surface area contributed by atoms with Gasteiger partial charge in [0.2, 0.25) is 0 Å². The summed E-state index contributed by atoms with van der Waals surface area (Å²) in [4.78, 5) is 18.5. The minimum absolute atomic E-state index is 0.428. The van der Waals surface area contributed by atoms with Gasteiger partial charge in [-0.3, -0.25) is 4.98 Å². The molecule has 7 heteroatoms. The van der Waals surface area contributed by atoms with Crippen LogP contribution in [0, 0.1) is 0 Å². The van der Waals surface area contributed by atoms with Gasteiger partial charge in [-0.2, -0.15) is 0 Å². The van der Waals surface area contributed by atoms with Crippen LogP contribution in [0.15, 0.2) is 47.9 Å². The molecular weight excluding hydrogens is 320 g/mol. The molecule has 3 aromatic rings. The van der Waals surface area contributed by atoms with E-state index in [1.807, 2.05) is 30.3 Å². The molecule has 3 heterocycles. The largest absolute Gasteiger partial charge is 0.399 e. The van der Waals surface area contributed by atoms with Crippen molar-refractivity contribution in [2.45, 2.75) is 0 Å². The van der Waals surface area contributed by atoms with Crippen molar-refractivity contribution in [1.82, 2.24) is 15.0 Å². The summed E-state index contributed by atoms with van der Waals surface area (Å²) in [5.74, 6) is 0. The van der Waals surface area contributed by atoms with Gasteiger partial charge in [-0.1, -0.05) is 22.8 Å². The van der Waals surface area contributed by atoms with E-state index in [0.717, 1.165) is 21.1 Å². The summed E-state index contributed by atoms with van der Waals surface area (Å²) in [6.07, 6.45) is 5.02. The molecule has 0 bridgehead atoms. The second kappa shape index (κ2) is 6.64. The molecule has 0 N–H and O–H groups in total. The molecule has 0 spiro atoms.